The number of pyridine rings is 1. The van der Waals surface area contributed by atoms with E-state index in [1.54, 1.807) is 13.0 Å². The van der Waals surface area contributed by atoms with E-state index < -0.39 is 17.5 Å². The molecule has 0 aliphatic rings. The Morgan fingerprint density at radius 3 is 2.42 bits per heavy atom. The minimum absolute atomic E-state index is 0.182. The molecule has 0 atom stereocenters. The molecule has 1 N–H and O–H groups in total. The summed E-state index contributed by atoms with van der Waals surface area (Å²) in [7, 11) is 0. The number of rotatable bonds is 2. The first-order chi connectivity index (χ1) is 8.99. The lowest BCUT2D eigenvalue weighted by molar-refractivity contribution is 0.496. The van der Waals surface area contributed by atoms with Crippen LogP contribution >= 0.6 is 0 Å². The molecule has 0 aliphatic carbocycles. The normalized spacial score (nSPS) is 10.1. The second-order valence-corrected chi connectivity index (χ2v) is 3.87. The SMILES string of the molecule is Cc1cc(C#N)cc(Nc2cc(F)c(F)cc2F)n1. The highest BCUT2D eigenvalue weighted by Gasteiger charge is 2.10. The molecule has 0 radical (unpaired) electrons. The van der Waals surface area contributed by atoms with Crippen LogP contribution < -0.4 is 5.32 Å². The molecule has 0 bridgehead atoms. The van der Waals surface area contributed by atoms with Crippen molar-refractivity contribution >= 4 is 11.5 Å². The predicted octanol–water partition coefficient (Wildman–Crippen LogP) is 3.42. The Balaban J connectivity index is 2.39. The minimum atomic E-state index is -1.27. The van der Waals surface area contributed by atoms with E-state index in [0.717, 1.165) is 0 Å². The summed E-state index contributed by atoms with van der Waals surface area (Å²) in [5.74, 6) is -3.20. The van der Waals surface area contributed by atoms with Crippen LogP contribution in [0, 0.1) is 35.7 Å². The summed E-state index contributed by atoms with van der Waals surface area (Å²) in [6, 6.07) is 5.99. The van der Waals surface area contributed by atoms with Gasteiger partial charge in [0.05, 0.1) is 17.3 Å². The Hall–Kier alpha value is -2.55. The van der Waals surface area contributed by atoms with Crippen LogP contribution in [-0.4, -0.2) is 4.98 Å². The molecule has 0 fully saturated rings. The van der Waals surface area contributed by atoms with Gasteiger partial charge in [0.1, 0.15) is 11.6 Å². The third kappa shape index (κ3) is 2.83. The monoisotopic (exact) mass is 263 g/mol. The van der Waals surface area contributed by atoms with E-state index in [0.29, 0.717) is 23.4 Å². The zero-order valence-corrected chi connectivity index (χ0v) is 9.84. The number of hydrogen-bond donors (Lipinski definition) is 1. The van der Waals surface area contributed by atoms with Gasteiger partial charge in [-0.25, -0.2) is 18.2 Å². The number of benzene rings is 1. The van der Waals surface area contributed by atoms with Crippen LogP contribution in [0.1, 0.15) is 11.3 Å². The highest BCUT2D eigenvalue weighted by atomic mass is 19.2. The van der Waals surface area contributed by atoms with Gasteiger partial charge in [-0.3, -0.25) is 0 Å². The molecule has 2 aromatic rings. The quantitative estimate of drug-likeness (QED) is 0.844. The number of nitrogens with one attached hydrogen (secondary N) is 1. The molecule has 19 heavy (non-hydrogen) atoms. The highest BCUT2D eigenvalue weighted by Crippen LogP contribution is 2.22. The lowest BCUT2D eigenvalue weighted by atomic mass is 10.2. The Morgan fingerprint density at radius 2 is 1.74 bits per heavy atom. The summed E-state index contributed by atoms with van der Waals surface area (Å²) in [6.45, 7) is 1.66. The van der Waals surface area contributed by atoms with E-state index >= 15 is 0 Å². The van der Waals surface area contributed by atoms with Gasteiger partial charge in [0.2, 0.25) is 0 Å². The van der Waals surface area contributed by atoms with E-state index in [4.69, 9.17) is 5.26 Å². The van der Waals surface area contributed by atoms with Crippen LogP contribution in [0.3, 0.4) is 0 Å². The van der Waals surface area contributed by atoms with Gasteiger partial charge in [-0.05, 0) is 19.1 Å². The molecule has 0 saturated heterocycles. The van der Waals surface area contributed by atoms with Crippen molar-refractivity contribution in [3.63, 3.8) is 0 Å². The summed E-state index contributed by atoms with van der Waals surface area (Å²) in [4.78, 5) is 4.03. The topological polar surface area (TPSA) is 48.7 Å². The molecule has 0 aliphatic heterocycles. The number of nitriles is 1. The third-order valence-corrected chi connectivity index (χ3v) is 2.36. The van der Waals surface area contributed by atoms with Crippen molar-refractivity contribution in [2.75, 3.05) is 5.32 Å². The standard InChI is InChI=1S/C13H8F3N3/c1-7-2-8(6-17)3-13(18-7)19-12-5-10(15)9(14)4-11(12)16/h2-5H,1H3,(H,18,19). The van der Waals surface area contributed by atoms with E-state index in [9.17, 15) is 13.2 Å². The Labute approximate surface area is 107 Å². The molecular formula is C13H8F3N3. The molecular weight excluding hydrogens is 255 g/mol. The summed E-state index contributed by atoms with van der Waals surface area (Å²) >= 11 is 0. The molecule has 0 unspecified atom stereocenters. The lowest BCUT2D eigenvalue weighted by Crippen LogP contribution is -2.00. The van der Waals surface area contributed by atoms with E-state index in [1.165, 1.54) is 6.07 Å². The maximum absolute atomic E-state index is 13.4. The van der Waals surface area contributed by atoms with E-state index in [1.807, 2.05) is 6.07 Å². The van der Waals surface area contributed by atoms with E-state index in [2.05, 4.69) is 10.3 Å². The average molecular weight is 263 g/mol. The average Bonchev–Trinajstić information content (AvgIpc) is 2.35. The number of aromatic nitrogens is 1. The second-order valence-electron chi connectivity index (χ2n) is 3.87. The van der Waals surface area contributed by atoms with Crippen molar-refractivity contribution in [3.8, 4) is 6.07 Å². The predicted molar refractivity (Wildman–Crippen MR) is 63.3 cm³/mol. The fourth-order valence-electron chi connectivity index (χ4n) is 1.55. The van der Waals surface area contributed by atoms with Gasteiger partial charge < -0.3 is 5.32 Å². The summed E-state index contributed by atoms with van der Waals surface area (Å²) in [6.07, 6.45) is 0. The number of aryl methyl sites for hydroxylation is 1. The first-order valence-electron chi connectivity index (χ1n) is 5.30. The van der Waals surface area contributed by atoms with Gasteiger partial charge >= 0.3 is 0 Å². The zero-order valence-electron chi connectivity index (χ0n) is 9.84. The fraction of sp³-hybridized carbons (Fsp3) is 0.0769. The Kier molecular flexibility index (Phi) is 3.38. The molecule has 2 rings (SSSR count). The molecule has 1 aromatic carbocycles. The van der Waals surface area contributed by atoms with Crippen molar-refractivity contribution in [1.29, 1.82) is 5.26 Å². The van der Waals surface area contributed by atoms with Crippen LogP contribution in [0.5, 0.6) is 0 Å². The van der Waals surface area contributed by atoms with Gasteiger partial charge in [-0.1, -0.05) is 0 Å². The van der Waals surface area contributed by atoms with Crippen LogP contribution in [0.15, 0.2) is 24.3 Å². The van der Waals surface area contributed by atoms with Gasteiger partial charge in [0, 0.05) is 17.8 Å². The van der Waals surface area contributed by atoms with Gasteiger partial charge in [-0.2, -0.15) is 5.26 Å². The van der Waals surface area contributed by atoms with Crippen molar-refractivity contribution in [3.05, 3.63) is 53.0 Å². The maximum atomic E-state index is 13.4. The summed E-state index contributed by atoms with van der Waals surface area (Å²) < 4.78 is 39.2. The smallest absolute Gasteiger partial charge is 0.161 e. The number of halogens is 3. The Morgan fingerprint density at radius 1 is 1.05 bits per heavy atom. The second kappa shape index (κ2) is 4.98. The Bertz CT molecular complexity index is 678. The van der Waals surface area contributed by atoms with Crippen molar-refractivity contribution in [1.82, 2.24) is 4.98 Å². The summed E-state index contributed by atoms with van der Waals surface area (Å²) in [5, 5.41) is 11.3. The third-order valence-electron chi connectivity index (χ3n) is 2.36. The van der Waals surface area contributed by atoms with Crippen molar-refractivity contribution in [2.45, 2.75) is 6.92 Å². The molecule has 0 saturated carbocycles. The number of nitrogens with zero attached hydrogens (tertiary/aromatic N) is 2. The van der Waals surface area contributed by atoms with Crippen molar-refractivity contribution in [2.24, 2.45) is 0 Å². The molecule has 96 valence electrons. The molecule has 0 amide bonds. The zero-order chi connectivity index (χ0) is 14.0. The molecule has 3 nitrogen and oxygen atoms in total. The first-order valence-corrected chi connectivity index (χ1v) is 5.30. The fourth-order valence-corrected chi connectivity index (χ4v) is 1.55. The summed E-state index contributed by atoms with van der Waals surface area (Å²) in [5.41, 5.74) is 0.628. The first kappa shape index (κ1) is 12.9. The minimum Gasteiger partial charge on any atom is -0.338 e. The van der Waals surface area contributed by atoms with Crippen molar-refractivity contribution < 1.29 is 13.2 Å². The van der Waals surface area contributed by atoms with Gasteiger partial charge in [0.15, 0.2) is 11.6 Å². The molecule has 6 heteroatoms. The van der Waals surface area contributed by atoms with Crippen LogP contribution in [0.4, 0.5) is 24.7 Å². The molecule has 1 aromatic heterocycles. The molecule has 1 heterocycles. The lowest BCUT2D eigenvalue weighted by Gasteiger charge is -2.08. The maximum Gasteiger partial charge on any atom is 0.161 e. The number of hydrogen-bond acceptors (Lipinski definition) is 3. The van der Waals surface area contributed by atoms with Gasteiger partial charge in [0.25, 0.3) is 0 Å². The largest absolute Gasteiger partial charge is 0.338 e. The van der Waals surface area contributed by atoms with Crippen LogP contribution in [-0.2, 0) is 0 Å². The van der Waals surface area contributed by atoms with Gasteiger partial charge in [-0.15, -0.1) is 0 Å². The highest BCUT2D eigenvalue weighted by molar-refractivity contribution is 5.58. The van der Waals surface area contributed by atoms with E-state index in [-0.39, 0.29) is 11.5 Å². The molecule has 0 spiro atoms. The van der Waals surface area contributed by atoms with Crippen LogP contribution in [0.25, 0.3) is 0 Å². The van der Waals surface area contributed by atoms with Crippen LogP contribution in [0.2, 0.25) is 0 Å². The number of anilines is 2.